The van der Waals surface area contributed by atoms with E-state index in [4.69, 9.17) is 4.74 Å². The summed E-state index contributed by atoms with van der Waals surface area (Å²) in [6, 6.07) is 6.74. The third-order valence-corrected chi connectivity index (χ3v) is 3.35. The highest BCUT2D eigenvalue weighted by Crippen LogP contribution is 2.30. The van der Waals surface area contributed by atoms with Crippen LogP contribution in [-0.2, 0) is 4.74 Å². The molecule has 1 saturated heterocycles. The lowest BCUT2D eigenvalue weighted by atomic mass is 9.88. The normalized spacial score (nSPS) is 23.3. The number of nitrogens with one attached hydrogen (secondary N) is 1. The number of benzene rings is 1. The predicted octanol–water partition coefficient (Wildman–Crippen LogP) is 3.75. The molecule has 118 valence electrons. The van der Waals surface area contributed by atoms with E-state index in [2.05, 4.69) is 30.8 Å². The van der Waals surface area contributed by atoms with Crippen LogP contribution in [0.3, 0.4) is 0 Å². The van der Waals surface area contributed by atoms with E-state index in [1.165, 1.54) is 6.07 Å². The molecule has 5 heteroatoms. The molecule has 1 aliphatic heterocycles. The number of rotatable bonds is 4. The van der Waals surface area contributed by atoms with E-state index < -0.39 is 6.61 Å². The third kappa shape index (κ3) is 5.25. The zero-order valence-corrected chi connectivity index (χ0v) is 12.7. The van der Waals surface area contributed by atoms with Gasteiger partial charge in [-0.05, 0) is 29.5 Å². The van der Waals surface area contributed by atoms with Gasteiger partial charge in [0.2, 0.25) is 0 Å². The summed E-state index contributed by atoms with van der Waals surface area (Å²) in [4.78, 5) is 0. The maximum Gasteiger partial charge on any atom is 0.387 e. The quantitative estimate of drug-likeness (QED) is 0.918. The molecular formula is C16H23F2NO2. The van der Waals surface area contributed by atoms with Crippen molar-refractivity contribution in [3.8, 4) is 5.75 Å². The molecule has 0 saturated carbocycles. The van der Waals surface area contributed by atoms with E-state index in [1.54, 1.807) is 12.1 Å². The van der Waals surface area contributed by atoms with Crippen molar-refractivity contribution in [2.75, 3.05) is 13.1 Å². The minimum Gasteiger partial charge on any atom is -0.435 e. The molecule has 21 heavy (non-hydrogen) atoms. The molecule has 1 fully saturated rings. The van der Waals surface area contributed by atoms with E-state index >= 15 is 0 Å². The van der Waals surface area contributed by atoms with Crippen LogP contribution in [0.5, 0.6) is 5.75 Å². The molecule has 0 aromatic heterocycles. The fraction of sp³-hybridized carbons (Fsp3) is 0.625. The van der Waals surface area contributed by atoms with Gasteiger partial charge in [-0.3, -0.25) is 0 Å². The van der Waals surface area contributed by atoms with Gasteiger partial charge in [-0.15, -0.1) is 0 Å². The number of hydrogen-bond donors (Lipinski definition) is 1. The van der Waals surface area contributed by atoms with Gasteiger partial charge in [-0.1, -0.05) is 32.9 Å². The van der Waals surface area contributed by atoms with Gasteiger partial charge in [0.1, 0.15) is 5.75 Å². The number of ether oxygens (including phenoxy) is 2. The van der Waals surface area contributed by atoms with Crippen LogP contribution in [0, 0.1) is 5.41 Å². The highest BCUT2D eigenvalue weighted by molar-refractivity contribution is 5.30. The molecule has 1 aliphatic rings. The molecule has 1 heterocycles. The van der Waals surface area contributed by atoms with Crippen LogP contribution in [0.25, 0.3) is 0 Å². The van der Waals surface area contributed by atoms with Gasteiger partial charge in [0, 0.05) is 13.1 Å². The molecule has 0 radical (unpaired) electrons. The molecule has 1 N–H and O–H groups in total. The molecule has 2 unspecified atom stereocenters. The molecule has 2 atom stereocenters. The van der Waals surface area contributed by atoms with Gasteiger partial charge in [0.25, 0.3) is 0 Å². The summed E-state index contributed by atoms with van der Waals surface area (Å²) >= 11 is 0. The van der Waals surface area contributed by atoms with Crippen molar-refractivity contribution in [2.45, 2.75) is 46.0 Å². The van der Waals surface area contributed by atoms with Crippen molar-refractivity contribution in [2.24, 2.45) is 5.41 Å². The summed E-state index contributed by atoms with van der Waals surface area (Å²) in [5.41, 5.74) is 1.05. The minimum atomic E-state index is -2.81. The molecule has 0 amide bonds. The van der Waals surface area contributed by atoms with Gasteiger partial charge < -0.3 is 14.8 Å². The Balaban J connectivity index is 2.03. The molecule has 0 bridgehead atoms. The minimum absolute atomic E-state index is 0.128. The summed E-state index contributed by atoms with van der Waals surface area (Å²) in [5, 5.41) is 3.35. The smallest absolute Gasteiger partial charge is 0.387 e. The lowest BCUT2D eigenvalue weighted by molar-refractivity contribution is -0.0576. The van der Waals surface area contributed by atoms with E-state index in [9.17, 15) is 8.78 Å². The zero-order chi connectivity index (χ0) is 15.5. The lowest BCUT2D eigenvalue weighted by Crippen LogP contribution is -2.42. The second-order valence-corrected chi connectivity index (χ2v) is 6.62. The molecule has 1 aromatic carbocycles. The van der Waals surface area contributed by atoms with Crippen LogP contribution in [0.2, 0.25) is 0 Å². The average molecular weight is 299 g/mol. The van der Waals surface area contributed by atoms with E-state index in [1.807, 2.05) is 6.07 Å². The summed E-state index contributed by atoms with van der Waals surface area (Å²) in [6.45, 7) is 5.23. The number of alkyl halides is 2. The fourth-order valence-electron chi connectivity index (χ4n) is 2.59. The van der Waals surface area contributed by atoms with Gasteiger partial charge in [0.15, 0.2) is 0 Å². The summed E-state index contributed by atoms with van der Waals surface area (Å²) in [7, 11) is 0. The molecule has 2 rings (SSSR count). The van der Waals surface area contributed by atoms with Crippen molar-refractivity contribution in [3.05, 3.63) is 29.8 Å². The maximum atomic E-state index is 12.3. The summed E-state index contributed by atoms with van der Waals surface area (Å²) in [6.07, 6.45) is 0.944. The molecule has 3 nitrogen and oxygen atoms in total. The van der Waals surface area contributed by atoms with E-state index in [-0.39, 0.29) is 23.4 Å². The average Bonchev–Trinajstić information content (AvgIpc) is 2.36. The first-order valence-electron chi connectivity index (χ1n) is 7.24. The van der Waals surface area contributed by atoms with Gasteiger partial charge in [-0.2, -0.15) is 8.78 Å². The van der Waals surface area contributed by atoms with Crippen LogP contribution in [0.1, 0.15) is 38.9 Å². The van der Waals surface area contributed by atoms with Crippen molar-refractivity contribution in [3.63, 3.8) is 0 Å². The van der Waals surface area contributed by atoms with E-state index in [0.717, 1.165) is 18.5 Å². The largest absolute Gasteiger partial charge is 0.435 e. The maximum absolute atomic E-state index is 12.3. The van der Waals surface area contributed by atoms with Gasteiger partial charge in [0.05, 0.1) is 12.2 Å². The Hall–Kier alpha value is -1.20. The van der Waals surface area contributed by atoms with Crippen molar-refractivity contribution < 1.29 is 18.3 Å². The van der Waals surface area contributed by atoms with Crippen LogP contribution >= 0.6 is 0 Å². The highest BCUT2D eigenvalue weighted by atomic mass is 19.3. The number of hydrogen-bond acceptors (Lipinski definition) is 3. The Morgan fingerprint density at radius 2 is 2.10 bits per heavy atom. The SMILES string of the molecule is CC(C)(C)CC1CNCC(c2cccc(OC(F)F)c2)O1. The standard InChI is InChI=1S/C16H23F2NO2/c1-16(2,3)8-13-9-19-10-14(20-13)11-5-4-6-12(7-11)21-15(17)18/h4-7,13-15,19H,8-10H2,1-3H3. The first kappa shape index (κ1) is 16.2. The molecule has 0 aliphatic carbocycles. The third-order valence-electron chi connectivity index (χ3n) is 3.35. The van der Waals surface area contributed by atoms with Gasteiger partial charge in [-0.25, -0.2) is 0 Å². The Morgan fingerprint density at radius 3 is 2.76 bits per heavy atom. The van der Waals surface area contributed by atoms with Crippen LogP contribution in [0.4, 0.5) is 8.78 Å². The predicted molar refractivity (Wildman–Crippen MR) is 77.6 cm³/mol. The van der Waals surface area contributed by atoms with E-state index in [0.29, 0.717) is 6.54 Å². The topological polar surface area (TPSA) is 30.5 Å². The second kappa shape index (κ2) is 6.71. The number of morpholine rings is 1. The van der Waals surface area contributed by atoms with Crippen molar-refractivity contribution in [1.82, 2.24) is 5.32 Å². The first-order valence-corrected chi connectivity index (χ1v) is 7.24. The molecule has 1 aromatic rings. The second-order valence-electron chi connectivity index (χ2n) is 6.62. The van der Waals surface area contributed by atoms with Crippen LogP contribution < -0.4 is 10.1 Å². The first-order chi connectivity index (χ1) is 9.83. The highest BCUT2D eigenvalue weighted by Gasteiger charge is 2.27. The summed E-state index contributed by atoms with van der Waals surface area (Å²) in [5.74, 6) is 0.170. The fourth-order valence-corrected chi connectivity index (χ4v) is 2.59. The number of halogens is 2. The van der Waals surface area contributed by atoms with Gasteiger partial charge >= 0.3 is 6.61 Å². The Kier molecular flexibility index (Phi) is 5.17. The lowest BCUT2D eigenvalue weighted by Gasteiger charge is -2.34. The Bertz CT molecular complexity index is 460. The molecule has 0 spiro atoms. The van der Waals surface area contributed by atoms with Crippen molar-refractivity contribution in [1.29, 1.82) is 0 Å². The molecular weight excluding hydrogens is 276 g/mol. The van der Waals surface area contributed by atoms with Crippen molar-refractivity contribution >= 4 is 0 Å². The zero-order valence-electron chi connectivity index (χ0n) is 12.7. The van der Waals surface area contributed by atoms with Crippen LogP contribution in [-0.4, -0.2) is 25.8 Å². The Labute approximate surface area is 124 Å². The summed E-state index contributed by atoms with van der Waals surface area (Å²) < 4.78 is 35.1. The van der Waals surface area contributed by atoms with Crippen LogP contribution in [0.15, 0.2) is 24.3 Å². The monoisotopic (exact) mass is 299 g/mol. The Morgan fingerprint density at radius 1 is 1.33 bits per heavy atom.